The standard InChI is InChI=1S/C21H27NO4/c1-20(2,3)26-19(24)22-21(15-9-5-4-6-10-15)13-7-11-16(23)18(21)17-12-8-14-25-17/h4-6,8-10,14,16,23H,7,11-13H2,1-3H3,(H,22,24)/t16-,21-/m1/s1. The van der Waals surface area contributed by atoms with E-state index in [9.17, 15) is 9.90 Å². The Morgan fingerprint density at radius 3 is 2.65 bits per heavy atom. The van der Waals surface area contributed by atoms with Crippen LogP contribution in [0.15, 0.2) is 54.0 Å². The lowest BCUT2D eigenvalue weighted by atomic mass is 9.70. The Labute approximate surface area is 154 Å². The lowest BCUT2D eigenvalue weighted by molar-refractivity contribution is 0.0414. The molecule has 1 heterocycles. The van der Waals surface area contributed by atoms with Crippen molar-refractivity contribution in [3.8, 4) is 0 Å². The summed E-state index contributed by atoms with van der Waals surface area (Å²) >= 11 is 0. The summed E-state index contributed by atoms with van der Waals surface area (Å²) in [5, 5.41) is 13.9. The molecule has 1 saturated carbocycles. The first-order valence-corrected chi connectivity index (χ1v) is 9.12. The first kappa shape index (κ1) is 18.5. The second kappa shape index (κ2) is 7.16. The number of aliphatic hydroxyl groups is 1. The number of benzene rings is 1. The van der Waals surface area contributed by atoms with Crippen molar-refractivity contribution in [2.45, 2.75) is 63.7 Å². The SMILES string of the molecule is CC(C)(C)OC(=O)N[C@@]1(c2ccccc2)CCC[C@@H](O)C1=C1CC=CO1. The summed E-state index contributed by atoms with van der Waals surface area (Å²) in [4.78, 5) is 12.7. The fraction of sp³-hybridized carbons (Fsp3) is 0.476. The van der Waals surface area contributed by atoms with E-state index in [-0.39, 0.29) is 0 Å². The van der Waals surface area contributed by atoms with E-state index in [1.54, 1.807) is 6.26 Å². The van der Waals surface area contributed by atoms with Gasteiger partial charge < -0.3 is 19.9 Å². The second-order valence-electron chi connectivity index (χ2n) is 7.84. The smallest absolute Gasteiger partial charge is 0.408 e. The zero-order valence-electron chi connectivity index (χ0n) is 15.6. The molecule has 140 valence electrons. The molecule has 3 rings (SSSR count). The number of alkyl carbamates (subject to hydrolysis) is 1. The molecule has 5 heteroatoms. The van der Waals surface area contributed by atoms with Crippen LogP contribution in [0.25, 0.3) is 0 Å². The Balaban J connectivity index is 2.07. The molecule has 1 aliphatic heterocycles. The molecular formula is C21H27NO4. The van der Waals surface area contributed by atoms with Crippen LogP contribution in [-0.4, -0.2) is 22.9 Å². The topological polar surface area (TPSA) is 67.8 Å². The number of allylic oxidation sites excluding steroid dienone is 1. The van der Waals surface area contributed by atoms with E-state index < -0.39 is 23.3 Å². The van der Waals surface area contributed by atoms with Crippen molar-refractivity contribution in [2.75, 3.05) is 0 Å². The van der Waals surface area contributed by atoms with Crippen LogP contribution in [0.3, 0.4) is 0 Å². The molecule has 0 radical (unpaired) electrons. The molecule has 1 fully saturated rings. The van der Waals surface area contributed by atoms with Crippen molar-refractivity contribution in [3.05, 3.63) is 59.6 Å². The number of hydrogen-bond donors (Lipinski definition) is 2. The van der Waals surface area contributed by atoms with Crippen LogP contribution < -0.4 is 5.32 Å². The zero-order valence-corrected chi connectivity index (χ0v) is 15.6. The Bertz CT molecular complexity index is 707. The maximum atomic E-state index is 12.7. The number of ether oxygens (including phenoxy) is 2. The highest BCUT2D eigenvalue weighted by Gasteiger charge is 2.46. The highest BCUT2D eigenvalue weighted by atomic mass is 16.6. The predicted octanol–water partition coefficient (Wildman–Crippen LogP) is 4.14. The molecule has 2 aliphatic rings. The van der Waals surface area contributed by atoms with Gasteiger partial charge in [0.15, 0.2) is 0 Å². The van der Waals surface area contributed by atoms with Crippen molar-refractivity contribution in [1.82, 2.24) is 5.32 Å². The summed E-state index contributed by atoms with van der Waals surface area (Å²) in [6.45, 7) is 5.50. The van der Waals surface area contributed by atoms with Crippen LogP contribution in [0.1, 0.15) is 52.0 Å². The van der Waals surface area contributed by atoms with Gasteiger partial charge in [0, 0.05) is 12.0 Å². The zero-order chi connectivity index (χ0) is 18.8. The van der Waals surface area contributed by atoms with E-state index in [1.807, 2.05) is 57.2 Å². The van der Waals surface area contributed by atoms with Gasteiger partial charge in [-0.3, -0.25) is 0 Å². The number of aliphatic hydroxyl groups excluding tert-OH is 1. The highest BCUT2D eigenvalue weighted by molar-refractivity contribution is 5.70. The lowest BCUT2D eigenvalue weighted by Gasteiger charge is -2.43. The largest absolute Gasteiger partial charge is 0.469 e. The van der Waals surface area contributed by atoms with Gasteiger partial charge >= 0.3 is 6.09 Å². The van der Waals surface area contributed by atoms with Crippen LogP contribution in [0.5, 0.6) is 0 Å². The number of carbonyl (C=O) groups excluding carboxylic acids is 1. The van der Waals surface area contributed by atoms with E-state index in [2.05, 4.69) is 5.32 Å². The van der Waals surface area contributed by atoms with Gasteiger partial charge in [-0.2, -0.15) is 0 Å². The van der Waals surface area contributed by atoms with Crippen LogP contribution in [-0.2, 0) is 15.0 Å². The number of nitrogens with one attached hydrogen (secondary N) is 1. The third-order valence-electron chi connectivity index (χ3n) is 4.71. The van der Waals surface area contributed by atoms with E-state index in [4.69, 9.17) is 9.47 Å². The molecule has 0 bridgehead atoms. The molecule has 1 aromatic rings. The fourth-order valence-electron chi connectivity index (χ4n) is 3.76. The maximum Gasteiger partial charge on any atom is 0.408 e. The average molecular weight is 357 g/mol. The van der Waals surface area contributed by atoms with Crippen molar-refractivity contribution in [2.24, 2.45) is 0 Å². The number of carbonyl (C=O) groups is 1. The summed E-state index contributed by atoms with van der Waals surface area (Å²) in [6, 6.07) is 9.75. The maximum absolute atomic E-state index is 12.7. The summed E-state index contributed by atoms with van der Waals surface area (Å²) in [5.41, 5.74) is 0.199. The average Bonchev–Trinajstić information content (AvgIpc) is 3.07. The Hall–Kier alpha value is -2.27. The quantitative estimate of drug-likeness (QED) is 0.835. The summed E-state index contributed by atoms with van der Waals surface area (Å²) < 4.78 is 11.2. The van der Waals surface area contributed by atoms with Gasteiger partial charge in [-0.15, -0.1) is 0 Å². The third kappa shape index (κ3) is 3.78. The Morgan fingerprint density at radius 2 is 2.04 bits per heavy atom. The van der Waals surface area contributed by atoms with Gasteiger partial charge in [-0.1, -0.05) is 30.3 Å². The molecule has 1 amide bonds. The van der Waals surface area contributed by atoms with Gasteiger partial charge in [0.2, 0.25) is 0 Å². The minimum absolute atomic E-state index is 0.500. The molecule has 2 N–H and O–H groups in total. The molecule has 0 aromatic heterocycles. The number of rotatable bonds is 2. The molecule has 0 saturated heterocycles. The Kier molecular flexibility index (Phi) is 5.10. The fourth-order valence-corrected chi connectivity index (χ4v) is 3.76. The van der Waals surface area contributed by atoms with E-state index in [0.717, 1.165) is 17.6 Å². The first-order chi connectivity index (χ1) is 12.3. The minimum atomic E-state index is -0.845. The monoisotopic (exact) mass is 357 g/mol. The van der Waals surface area contributed by atoms with Gasteiger partial charge in [0.25, 0.3) is 0 Å². The van der Waals surface area contributed by atoms with Gasteiger partial charge in [0.1, 0.15) is 11.4 Å². The van der Waals surface area contributed by atoms with Crippen LogP contribution in [0.2, 0.25) is 0 Å². The predicted molar refractivity (Wildman–Crippen MR) is 99.2 cm³/mol. The molecular weight excluding hydrogens is 330 g/mol. The molecule has 5 nitrogen and oxygen atoms in total. The highest BCUT2D eigenvalue weighted by Crippen LogP contribution is 2.45. The normalized spacial score (nSPS) is 28.5. The van der Waals surface area contributed by atoms with Crippen molar-refractivity contribution >= 4 is 6.09 Å². The lowest BCUT2D eigenvalue weighted by Crippen LogP contribution is -2.53. The van der Waals surface area contributed by atoms with Crippen molar-refractivity contribution in [1.29, 1.82) is 0 Å². The van der Waals surface area contributed by atoms with E-state index in [0.29, 0.717) is 25.0 Å². The summed E-state index contributed by atoms with van der Waals surface area (Å²) in [5.74, 6) is 0.706. The summed E-state index contributed by atoms with van der Waals surface area (Å²) in [7, 11) is 0. The molecule has 0 unspecified atom stereocenters. The Morgan fingerprint density at radius 1 is 1.31 bits per heavy atom. The minimum Gasteiger partial charge on any atom is -0.469 e. The number of amides is 1. The molecule has 2 atom stereocenters. The summed E-state index contributed by atoms with van der Waals surface area (Å²) in [6.07, 6.45) is 5.09. The molecule has 0 spiro atoms. The third-order valence-corrected chi connectivity index (χ3v) is 4.71. The van der Waals surface area contributed by atoms with Gasteiger partial charge in [0.05, 0.1) is 17.9 Å². The molecule has 1 aliphatic carbocycles. The molecule has 26 heavy (non-hydrogen) atoms. The second-order valence-corrected chi connectivity index (χ2v) is 7.84. The van der Waals surface area contributed by atoms with Crippen LogP contribution >= 0.6 is 0 Å². The van der Waals surface area contributed by atoms with E-state index >= 15 is 0 Å². The first-order valence-electron chi connectivity index (χ1n) is 9.12. The van der Waals surface area contributed by atoms with Crippen LogP contribution in [0, 0.1) is 0 Å². The van der Waals surface area contributed by atoms with Crippen molar-refractivity contribution < 1.29 is 19.4 Å². The van der Waals surface area contributed by atoms with Gasteiger partial charge in [-0.25, -0.2) is 4.79 Å². The van der Waals surface area contributed by atoms with E-state index in [1.165, 1.54) is 0 Å². The van der Waals surface area contributed by atoms with Crippen molar-refractivity contribution in [3.63, 3.8) is 0 Å². The van der Waals surface area contributed by atoms with Gasteiger partial charge in [-0.05, 0) is 51.7 Å². The number of hydrogen-bond acceptors (Lipinski definition) is 4. The van der Waals surface area contributed by atoms with Crippen LogP contribution in [0.4, 0.5) is 4.79 Å². The molecule has 1 aromatic carbocycles.